The van der Waals surface area contributed by atoms with Crippen molar-refractivity contribution in [3.63, 3.8) is 0 Å². The molecule has 0 saturated carbocycles. The van der Waals surface area contributed by atoms with Gasteiger partial charge in [0.1, 0.15) is 6.79 Å². The number of hydrogen-bond acceptors (Lipinski definition) is 6. The molecule has 8 heteroatoms. The van der Waals surface area contributed by atoms with Crippen molar-refractivity contribution in [2.45, 2.75) is 135 Å². The summed E-state index contributed by atoms with van der Waals surface area (Å²) in [7, 11) is -2.45. The molecule has 1 aromatic carbocycles. The van der Waals surface area contributed by atoms with Gasteiger partial charge in [0.05, 0.1) is 43.0 Å². The van der Waals surface area contributed by atoms with Crippen molar-refractivity contribution < 1.29 is 28.5 Å². The van der Waals surface area contributed by atoms with Crippen LogP contribution in [0.15, 0.2) is 43.0 Å². The summed E-state index contributed by atoms with van der Waals surface area (Å²) in [6, 6.07) is 12.3. The molecule has 1 aliphatic heterocycles. The Hall–Kier alpha value is -1.30. The lowest BCUT2D eigenvalue weighted by Gasteiger charge is -2.39. The minimum Gasteiger partial charge on any atom is -0.466 e. The molecule has 0 amide bonds. The summed E-state index contributed by atoms with van der Waals surface area (Å²) < 4.78 is 31.2. The number of carbonyl (C=O) groups excluding carboxylic acids is 1. The first-order valence-corrected chi connectivity index (χ1v) is 23.8. The molecule has 1 saturated heterocycles. The van der Waals surface area contributed by atoms with Crippen molar-refractivity contribution in [3.05, 3.63) is 48.6 Å². The zero-order valence-corrected chi connectivity index (χ0v) is 30.8. The highest BCUT2D eigenvalue weighted by Gasteiger charge is 2.42. The molecule has 0 spiro atoms. The molecule has 0 radical (unpaired) electrons. The van der Waals surface area contributed by atoms with E-state index in [1.54, 1.807) is 0 Å². The van der Waals surface area contributed by atoms with Crippen LogP contribution in [0.4, 0.5) is 0 Å². The Labute approximate surface area is 265 Å². The molecule has 0 bridgehead atoms. The summed E-state index contributed by atoms with van der Waals surface area (Å²) >= 11 is 0. The molecular formula is C35H62O6Si2. The lowest BCUT2D eigenvalue weighted by Crippen LogP contribution is -2.45. The molecule has 43 heavy (non-hydrogen) atoms. The Bertz CT molecular complexity index is 940. The quantitative estimate of drug-likeness (QED) is 0.0470. The molecule has 6 nitrogen and oxygen atoms in total. The van der Waals surface area contributed by atoms with Crippen LogP contribution in [0.1, 0.15) is 58.4 Å². The van der Waals surface area contributed by atoms with Crippen molar-refractivity contribution in [3.8, 4) is 0 Å². The van der Waals surface area contributed by atoms with E-state index in [1.807, 2.05) is 38.1 Å². The van der Waals surface area contributed by atoms with Crippen LogP contribution in [0.3, 0.4) is 0 Å². The maximum absolute atomic E-state index is 13.1. The van der Waals surface area contributed by atoms with Gasteiger partial charge in [-0.2, -0.15) is 0 Å². The van der Waals surface area contributed by atoms with Gasteiger partial charge in [-0.1, -0.05) is 82.6 Å². The standard InChI is InChI=1S/C35H62O6Si2/c1-11-28(2)32(39-26-29-16-13-12-14-17-29)25-31(40-27-37-20-22-42(5,6)7)24-30-18-15-19-33(41-30)35(3,4)34(36)38-21-23-43(8,9)10/h11-14,16-17,28,30-33H,1,15,18-27H2,2-10H3/t28-,30-,31-,32+,33+/m0/s1. The van der Waals surface area contributed by atoms with Crippen molar-refractivity contribution in [2.75, 3.05) is 20.0 Å². The Morgan fingerprint density at radius 2 is 1.67 bits per heavy atom. The van der Waals surface area contributed by atoms with Crippen molar-refractivity contribution in [2.24, 2.45) is 11.3 Å². The minimum atomic E-state index is -1.28. The van der Waals surface area contributed by atoms with Gasteiger partial charge < -0.3 is 23.7 Å². The van der Waals surface area contributed by atoms with E-state index in [0.29, 0.717) is 19.6 Å². The maximum atomic E-state index is 13.1. The van der Waals surface area contributed by atoms with E-state index in [-0.39, 0.29) is 43.1 Å². The predicted molar refractivity (Wildman–Crippen MR) is 183 cm³/mol. The molecule has 2 rings (SSSR count). The average Bonchev–Trinajstić information content (AvgIpc) is 2.93. The molecule has 0 unspecified atom stereocenters. The smallest absolute Gasteiger partial charge is 0.314 e. The van der Waals surface area contributed by atoms with Crippen LogP contribution >= 0.6 is 0 Å². The fourth-order valence-electron chi connectivity index (χ4n) is 5.10. The van der Waals surface area contributed by atoms with E-state index < -0.39 is 21.6 Å². The molecule has 1 aliphatic rings. The Morgan fingerprint density at radius 1 is 1.02 bits per heavy atom. The van der Waals surface area contributed by atoms with Gasteiger partial charge in [0.2, 0.25) is 0 Å². The second-order valence-corrected chi connectivity index (χ2v) is 26.6. The van der Waals surface area contributed by atoms with Gasteiger partial charge >= 0.3 is 5.97 Å². The third-order valence-corrected chi connectivity index (χ3v) is 11.8. The second-order valence-electron chi connectivity index (χ2n) is 15.4. The summed E-state index contributed by atoms with van der Waals surface area (Å²) in [4.78, 5) is 13.1. The van der Waals surface area contributed by atoms with Crippen LogP contribution in [-0.2, 0) is 35.1 Å². The first-order chi connectivity index (χ1) is 20.1. The van der Waals surface area contributed by atoms with Gasteiger partial charge in [-0.25, -0.2) is 0 Å². The summed E-state index contributed by atoms with van der Waals surface area (Å²) in [5, 5.41) is 0. The van der Waals surface area contributed by atoms with Crippen LogP contribution in [0.2, 0.25) is 51.4 Å². The monoisotopic (exact) mass is 634 g/mol. The van der Waals surface area contributed by atoms with Crippen LogP contribution < -0.4 is 0 Å². The van der Waals surface area contributed by atoms with E-state index in [2.05, 4.69) is 64.9 Å². The lowest BCUT2D eigenvalue weighted by molar-refractivity contribution is -0.176. The zero-order valence-electron chi connectivity index (χ0n) is 28.8. The average molecular weight is 635 g/mol. The minimum absolute atomic E-state index is 0.00593. The first-order valence-electron chi connectivity index (χ1n) is 16.4. The van der Waals surface area contributed by atoms with Gasteiger partial charge in [0.25, 0.3) is 0 Å². The topological polar surface area (TPSA) is 63.2 Å². The van der Waals surface area contributed by atoms with E-state index in [1.165, 1.54) is 0 Å². The fraction of sp³-hybridized carbons (Fsp3) is 0.743. The van der Waals surface area contributed by atoms with E-state index in [4.69, 9.17) is 23.7 Å². The molecule has 5 atom stereocenters. The van der Waals surface area contributed by atoms with Gasteiger partial charge in [0, 0.05) is 35.1 Å². The molecule has 1 heterocycles. The largest absolute Gasteiger partial charge is 0.466 e. The number of ether oxygens (including phenoxy) is 5. The molecule has 1 fully saturated rings. The molecule has 0 aromatic heterocycles. The Balaban J connectivity index is 2.07. The number of esters is 1. The SMILES string of the molecule is C=C[C@H](C)[C@@H](C[C@H](C[C@@H]1CCC[C@H](C(C)(C)C(=O)OCC[Si](C)(C)C)O1)OCOCC[Si](C)(C)C)OCc1ccccc1. The van der Waals surface area contributed by atoms with Gasteiger partial charge in [-0.3, -0.25) is 4.79 Å². The third-order valence-electron chi connectivity index (χ3n) is 8.43. The van der Waals surface area contributed by atoms with Crippen LogP contribution in [0.5, 0.6) is 0 Å². The van der Waals surface area contributed by atoms with Gasteiger partial charge in [-0.15, -0.1) is 6.58 Å². The molecule has 246 valence electrons. The number of rotatable bonds is 20. The molecule has 0 N–H and O–H groups in total. The van der Waals surface area contributed by atoms with E-state index >= 15 is 0 Å². The highest BCUT2D eigenvalue weighted by molar-refractivity contribution is 6.76. The second kappa shape index (κ2) is 18.0. The summed E-state index contributed by atoms with van der Waals surface area (Å²) in [6.07, 6.45) is 5.86. The van der Waals surface area contributed by atoms with Crippen LogP contribution in [0.25, 0.3) is 0 Å². The fourth-order valence-corrected chi connectivity index (χ4v) is 6.57. The third kappa shape index (κ3) is 15.0. The predicted octanol–water partition coefficient (Wildman–Crippen LogP) is 8.72. The summed E-state index contributed by atoms with van der Waals surface area (Å²) in [5.74, 6) is 0.00156. The maximum Gasteiger partial charge on any atom is 0.314 e. The van der Waals surface area contributed by atoms with E-state index in [9.17, 15) is 4.79 Å². The number of benzene rings is 1. The molecule has 1 aromatic rings. The highest BCUT2D eigenvalue weighted by Crippen LogP contribution is 2.36. The normalized spacial score (nSPS) is 20.3. The molecular weight excluding hydrogens is 573 g/mol. The molecule has 0 aliphatic carbocycles. The van der Waals surface area contributed by atoms with Crippen molar-refractivity contribution in [1.29, 1.82) is 0 Å². The zero-order chi connectivity index (χ0) is 32.1. The van der Waals surface area contributed by atoms with Gasteiger partial charge in [0.15, 0.2) is 0 Å². The Kier molecular flexibility index (Phi) is 15.9. The van der Waals surface area contributed by atoms with E-state index in [0.717, 1.165) is 49.9 Å². The first kappa shape index (κ1) is 37.9. The number of carbonyl (C=O) groups is 1. The van der Waals surface area contributed by atoms with Crippen molar-refractivity contribution in [1.82, 2.24) is 0 Å². The van der Waals surface area contributed by atoms with Crippen LogP contribution in [0, 0.1) is 11.3 Å². The summed E-state index contributed by atoms with van der Waals surface area (Å²) in [5.41, 5.74) is 0.445. The number of hydrogen-bond donors (Lipinski definition) is 0. The van der Waals surface area contributed by atoms with Crippen LogP contribution in [-0.4, -0.2) is 66.5 Å². The highest BCUT2D eigenvalue weighted by atomic mass is 28.3. The van der Waals surface area contributed by atoms with Crippen molar-refractivity contribution >= 4 is 22.1 Å². The lowest BCUT2D eigenvalue weighted by atomic mass is 9.81. The van der Waals surface area contributed by atoms with Gasteiger partial charge in [-0.05, 0) is 57.2 Å². The summed E-state index contributed by atoms with van der Waals surface area (Å²) in [6.45, 7) is 26.1. The Morgan fingerprint density at radius 3 is 2.30 bits per heavy atom.